The molecule has 128 valence electrons. The molecule has 22 heavy (non-hydrogen) atoms. The predicted molar refractivity (Wildman–Crippen MR) is 90.0 cm³/mol. The van der Waals surface area contributed by atoms with E-state index in [0.29, 0.717) is 12.1 Å². The van der Waals surface area contributed by atoms with Gasteiger partial charge in [-0.1, -0.05) is 19.8 Å². The highest BCUT2D eigenvalue weighted by Gasteiger charge is 2.32. The number of nitrogens with zero attached hydrogens (tertiary/aromatic N) is 1. The van der Waals surface area contributed by atoms with Gasteiger partial charge in [-0.15, -0.1) is 0 Å². The van der Waals surface area contributed by atoms with E-state index in [1.165, 1.54) is 25.7 Å². The molecule has 2 aliphatic rings. The quantitative estimate of drug-likeness (QED) is 0.840. The van der Waals surface area contributed by atoms with E-state index in [0.717, 1.165) is 25.3 Å². The maximum atomic E-state index is 12.2. The lowest BCUT2D eigenvalue weighted by Crippen LogP contribution is -2.53. The van der Waals surface area contributed by atoms with Crippen molar-refractivity contribution in [3.05, 3.63) is 0 Å². The van der Waals surface area contributed by atoms with Gasteiger partial charge in [0.05, 0.1) is 0 Å². The Morgan fingerprint density at radius 2 is 1.77 bits per heavy atom. The van der Waals surface area contributed by atoms with E-state index in [2.05, 4.69) is 19.2 Å². The number of ether oxygens (including phenoxy) is 1. The van der Waals surface area contributed by atoms with Gasteiger partial charge in [-0.3, -0.25) is 0 Å². The minimum absolute atomic E-state index is 0.162. The van der Waals surface area contributed by atoms with E-state index < -0.39 is 5.60 Å². The molecule has 1 saturated carbocycles. The van der Waals surface area contributed by atoms with Gasteiger partial charge in [0.2, 0.25) is 0 Å². The number of likely N-dealkylation sites (tertiary alicyclic amines) is 1. The second-order valence-electron chi connectivity index (χ2n) is 8.38. The van der Waals surface area contributed by atoms with Crippen molar-refractivity contribution < 1.29 is 9.53 Å². The molecule has 2 fully saturated rings. The average molecular weight is 310 g/mol. The summed E-state index contributed by atoms with van der Waals surface area (Å²) >= 11 is 0. The van der Waals surface area contributed by atoms with Crippen LogP contribution in [0.2, 0.25) is 0 Å². The molecule has 4 unspecified atom stereocenters. The largest absolute Gasteiger partial charge is 0.444 e. The molecule has 0 radical (unpaired) electrons. The fraction of sp³-hybridized carbons (Fsp3) is 0.944. The van der Waals surface area contributed by atoms with Crippen molar-refractivity contribution in [3.8, 4) is 0 Å². The van der Waals surface area contributed by atoms with Gasteiger partial charge in [0.15, 0.2) is 0 Å². The van der Waals surface area contributed by atoms with Crippen molar-refractivity contribution >= 4 is 6.09 Å². The lowest BCUT2D eigenvalue weighted by Gasteiger charge is -2.40. The Morgan fingerprint density at radius 1 is 1.09 bits per heavy atom. The third-order valence-electron chi connectivity index (χ3n) is 4.91. The molecule has 1 aliphatic carbocycles. The second-order valence-corrected chi connectivity index (χ2v) is 8.38. The summed E-state index contributed by atoms with van der Waals surface area (Å²) in [6, 6.07) is 1.47. The Morgan fingerprint density at radius 3 is 2.36 bits per heavy atom. The molecule has 1 N–H and O–H groups in total. The zero-order chi connectivity index (χ0) is 16.3. The van der Waals surface area contributed by atoms with Crippen molar-refractivity contribution in [2.75, 3.05) is 6.54 Å². The van der Waals surface area contributed by atoms with Crippen LogP contribution in [0, 0.1) is 5.92 Å². The topological polar surface area (TPSA) is 41.6 Å². The molecule has 2 rings (SSSR count). The summed E-state index contributed by atoms with van der Waals surface area (Å²) in [5.74, 6) is 0.852. The Hall–Kier alpha value is -0.770. The number of carbonyl (C=O) groups is 1. The first-order valence-electron chi connectivity index (χ1n) is 9.00. The maximum Gasteiger partial charge on any atom is 0.410 e. The Labute approximate surface area is 136 Å². The van der Waals surface area contributed by atoms with Crippen LogP contribution in [0.1, 0.15) is 73.1 Å². The fourth-order valence-electron chi connectivity index (χ4n) is 3.83. The number of nitrogens with one attached hydrogen (secondary N) is 1. The fourth-order valence-corrected chi connectivity index (χ4v) is 3.83. The zero-order valence-electron chi connectivity index (χ0n) is 15.0. The van der Waals surface area contributed by atoms with E-state index >= 15 is 0 Å². The predicted octanol–water partition coefficient (Wildman–Crippen LogP) is 3.94. The highest BCUT2D eigenvalue weighted by molar-refractivity contribution is 5.68. The molecule has 0 aromatic carbocycles. The summed E-state index contributed by atoms with van der Waals surface area (Å²) in [6.07, 6.45) is 7.26. The number of hydrogen-bond donors (Lipinski definition) is 1. The molecule has 0 bridgehead atoms. The van der Waals surface area contributed by atoms with Crippen molar-refractivity contribution in [3.63, 3.8) is 0 Å². The molecule has 0 spiro atoms. The standard InChI is InChI=1S/C18H34N2O2/c1-13-7-6-8-15(11-13)19-16-9-10-20(14(2)12-16)17(21)22-18(3,4)5/h13-16,19H,6-12H2,1-5H3. The summed E-state index contributed by atoms with van der Waals surface area (Å²) in [5, 5.41) is 3.85. The van der Waals surface area contributed by atoms with Gasteiger partial charge in [-0.05, 0) is 59.3 Å². The van der Waals surface area contributed by atoms with Crippen molar-refractivity contribution in [2.24, 2.45) is 5.92 Å². The molecule has 1 heterocycles. The Bertz CT molecular complexity index is 378. The molecule has 1 amide bonds. The van der Waals surface area contributed by atoms with Crippen LogP contribution in [0.3, 0.4) is 0 Å². The number of rotatable bonds is 2. The molecular formula is C18H34N2O2. The zero-order valence-corrected chi connectivity index (χ0v) is 15.0. The lowest BCUT2D eigenvalue weighted by atomic mass is 9.86. The van der Waals surface area contributed by atoms with Gasteiger partial charge in [-0.25, -0.2) is 4.79 Å². The summed E-state index contributed by atoms with van der Waals surface area (Å²) in [7, 11) is 0. The van der Waals surface area contributed by atoms with E-state index in [1.54, 1.807) is 0 Å². The van der Waals surface area contributed by atoms with E-state index in [1.807, 2.05) is 25.7 Å². The van der Waals surface area contributed by atoms with Crippen LogP contribution in [0.4, 0.5) is 4.79 Å². The summed E-state index contributed by atoms with van der Waals surface area (Å²) in [4.78, 5) is 14.1. The molecule has 4 atom stereocenters. The smallest absolute Gasteiger partial charge is 0.410 e. The van der Waals surface area contributed by atoms with E-state index in [-0.39, 0.29) is 12.1 Å². The number of amides is 1. The minimum Gasteiger partial charge on any atom is -0.444 e. The van der Waals surface area contributed by atoms with E-state index in [9.17, 15) is 4.79 Å². The van der Waals surface area contributed by atoms with Gasteiger partial charge in [-0.2, -0.15) is 0 Å². The molecule has 4 nitrogen and oxygen atoms in total. The molecule has 1 aliphatic heterocycles. The summed E-state index contributed by atoms with van der Waals surface area (Å²) in [5.41, 5.74) is -0.413. The van der Waals surface area contributed by atoms with Crippen LogP contribution >= 0.6 is 0 Å². The van der Waals surface area contributed by atoms with Crippen LogP contribution in [0.15, 0.2) is 0 Å². The molecular weight excluding hydrogens is 276 g/mol. The van der Waals surface area contributed by atoms with Gasteiger partial charge in [0, 0.05) is 24.7 Å². The average Bonchev–Trinajstić information content (AvgIpc) is 2.36. The first-order valence-corrected chi connectivity index (χ1v) is 9.00. The second kappa shape index (κ2) is 7.20. The van der Waals surface area contributed by atoms with Crippen LogP contribution in [0.25, 0.3) is 0 Å². The van der Waals surface area contributed by atoms with Crippen LogP contribution in [-0.2, 0) is 4.74 Å². The molecule has 1 saturated heterocycles. The molecule has 4 heteroatoms. The lowest BCUT2D eigenvalue weighted by molar-refractivity contribution is 0.00872. The third-order valence-corrected chi connectivity index (χ3v) is 4.91. The van der Waals surface area contributed by atoms with E-state index in [4.69, 9.17) is 4.74 Å². The summed E-state index contributed by atoms with van der Waals surface area (Å²) < 4.78 is 5.51. The van der Waals surface area contributed by atoms with Crippen molar-refractivity contribution in [1.29, 1.82) is 0 Å². The molecule has 0 aromatic rings. The van der Waals surface area contributed by atoms with Crippen molar-refractivity contribution in [2.45, 2.75) is 96.9 Å². The number of carbonyl (C=O) groups excluding carboxylic acids is 1. The van der Waals surface area contributed by atoms with Gasteiger partial charge in [0.1, 0.15) is 5.60 Å². The van der Waals surface area contributed by atoms with Gasteiger partial charge >= 0.3 is 6.09 Å². The highest BCUT2D eigenvalue weighted by atomic mass is 16.6. The maximum absolute atomic E-state index is 12.2. The monoisotopic (exact) mass is 310 g/mol. The van der Waals surface area contributed by atoms with Crippen molar-refractivity contribution in [1.82, 2.24) is 10.2 Å². The molecule has 0 aromatic heterocycles. The van der Waals surface area contributed by atoms with Gasteiger partial charge < -0.3 is 15.0 Å². The van der Waals surface area contributed by atoms with Crippen LogP contribution in [-0.4, -0.2) is 41.3 Å². The SMILES string of the molecule is CC1CCCC(NC2CCN(C(=O)OC(C)(C)C)C(C)C2)C1. The number of piperidine rings is 1. The Balaban J connectivity index is 1.80. The third kappa shape index (κ3) is 5.15. The van der Waals surface area contributed by atoms with Crippen LogP contribution in [0.5, 0.6) is 0 Å². The highest BCUT2D eigenvalue weighted by Crippen LogP contribution is 2.26. The first kappa shape index (κ1) is 17.6. The minimum atomic E-state index is -0.413. The first-order chi connectivity index (χ1) is 10.2. The van der Waals surface area contributed by atoms with Crippen LogP contribution < -0.4 is 5.32 Å². The summed E-state index contributed by atoms with van der Waals surface area (Å²) in [6.45, 7) is 11.1. The number of hydrogen-bond acceptors (Lipinski definition) is 3. The Kier molecular flexibility index (Phi) is 5.76. The van der Waals surface area contributed by atoms with Gasteiger partial charge in [0.25, 0.3) is 0 Å². The normalized spacial score (nSPS) is 33.6.